The van der Waals surface area contributed by atoms with Gasteiger partial charge < -0.3 is 4.74 Å². The summed E-state index contributed by atoms with van der Waals surface area (Å²) in [5.74, 6) is 0.0601. The normalized spacial score (nSPS) is 12.1. The summed E-state index contributed by atoms with van der Waals surface area (Å²) in [5, 5.41) is 1.47. The van der Waals surface area contributed by atoms with Crippen LogP contribution < -0.4 is 0 Å². The fraction of sp³-hybridized carbons (Fsp3) is 0.118. The Bertz CT molecular complexity index is 821. The van der Waals surface area contributed by atoms with E-state index in [2.05, 4.69) is 9.97 Å². The largest absolute Gasteiger partial charge is 0.449 e. The number of carbonyl (C=O) groups excluding carboxylic acids is 1. The van der Waals surface area contributed by atoms with E-state index >= 15 is 0 Å². The minimum Gasteiger partial charge on any atom is -0.449 e. The van der Waals surface area contributed by atoms with E-state index in [4.69, 9.17) is 16.3 Å². The second-order valence-corrected chi connectivity index (χ2v) is 5.27. The van der Waals surface area contributed by atoms with Crippen LogP contribution in [-0.2, 0) is 9.53 Å². The predicted molar refractivity (Wildman–Crippen MR) is 84.6 cm³/mol. The number of rotatable bonds is 3. The van der Waals surface area contributed by atoms with E-state index in [1.807, 2.05) is 36.4 Å². The SMILES string of the molecule is CC(=O)O[C@@H](c1ccccc1)c1ncc2cc(Cl)ccc2n1. The molecule has 0 aliphatic heterocycles. The maximum Gasteiger partial charge on any atom is 0.303 e. The van der Waals surface area contributed by atoms with Gasteiger partial charge in [-0.1, -0.05) is 41.9 Å². The maximum absolute atomic E-state index is 11.4. The van der Waals surface area contributed by atoms with E-state index in [9.17, 15) is 4.79 Å². The smallest absolute Gasteiger partial charge is 0.303 e. The van der Waals surface area contributed by atoms with Gasteiger partial charge in [0, 0.05) is 29.1 Å². The van der Waals surface area contributed by atoms with Gasteiger partial charge >= 0.3 is 5.97 Å². The van der Waals surface area contributed by atoms with Crippen molar-refractivity contribution in [2.45, 2.75) is 13.0 Å². The van der Waals surface area contributed by atoms with Crippen LogP contribution in [0.25, 0.3) is 10.9 Å². The summed E-state index contributed by atoms with van der Waals surface area (Å²) in [6, 6.07) is 14.8. The highest BCUT2D eigenvalue weighted by Gasteiger charge is 2.20. The van der Waals surface area contributed by atoms with Crippen molar-refractivity contribution in [3.8, 4) is 0 Å². The van der Waals surface area contributed by atoms with E-state index < -0.39 is 6.10 Å². The summed E-state index contributed by atoms with van der Waals surface area (Å²) in [6.07, 6.45) is 1.06. The zero-order valence-corrected chi connectivity index (χ0v) is 12.6. The fourth-order valence-electron chi connectivity index (χ4n) is 2.21. The lowest BCUT2D eigenvalue weighted by molar-refractivity contribution is -0.145. The van der Waals surface area contributed by atoms with Gasteiger partial charge in [0.05, 0.1) is 5.52 Å². The monoisotopic (exact) mass is 312 g/mol. The number of ether oxygens (including phenoxy) is 1. The van der Waals surface area contributed by atoms with Gasteiger partial charge in [0.2, 0.25) is 0 Å². The molecule has 3 aromatic rings. The first-order valence-electron chi connectivity index (χ1n) is 6.78. The molecule has 0 saturated carbocycles. The molecule has 5 heteroatoms. The van der Waals surface area contributed by atoms with E-state index in [1.165, 1.54) is 6.92 Å². The van der Waals surface area contributed by atoms with Gasteiger partial charge in [-0.3, -0.25) is 4.79 Å². The maximum atomic E-state index is 11.4. The number of esters is 1. The number of nitrogens with zero attached hydrogens (tertiary/aromatic N) is 2. The highest BCUT2D eigenvalue weighted by Crippen LogP contribution is 2.25. The van der Waals surface area contributed by atoms with Crippen LogP contribution in [0.3, 0.4) is 0 Å². The van der Waals surface area contributed by atoms with E-state index in [0.717, 1.165) is 16.5 Å². The molecule has 22 heavy (non-hydrogen) atoms. The lowest BCUT2D eigenvalue weighted by atomic mass is 10.1. The number of aromatic nitrogens is 2. The Morgan fingerprint density at radius 1 is 1.18 bits per heavy atom. The van der Waals surface area contributed by atoms with Crippen LogP contribution in [-0.4, -0.2) is 15.9 Å². The van der Waals surface area contributed by atoms with Crippen molar-refractivity contribution in [1.29, 1.82) is 0 Å². The van der Waals surface area contributed by atoms with Gasteiger partial charge in [0.1, 0.15) is 0 Å². The molecule has 1 aromatic heterocycles. The Labute approximate surface area is 132 Å². The summed E-state index contributed by atoms with van der Waals surface area (Å²) in [4.78, 5) is 20.2. The van der Waals surface area contributed by atoms with Crippen molar-refractivity contribution in [2.75, 3.05) is 0 Å². The summed E-state index contributed by atoms with van der Waals surface area (Å²) in [5.41, 5.74) is 1.58. The standard InChI is InChI=1S/C17H13ClN2O2/c1-11(21)22-16(12-5-3-2-4-6-12)17-19-10-13-9-14(18)7-8-15(13)20-17/h2-10,16H,1H3/t16-/m0/s1. The molecule has 0 radical (unpaired) electrons. The second kappa shape index (κ2) is 6.12. The molecule has 2 aromatic carbocycles. The Balaban J connectivity index is 2.07. The van der Waals surface area contributed by atoms with Crippen LogP contribution in [0, 0.1) is 0 Å². The first kappa shape index (κ1) is 14.5. The molecule has 0 N–H and O–H groups in total. The zero-order chi connectivity index (χ0) is 15.5. The third-order valence-corrected chi connectivity index (χ3v) is 3.42. The van der Waals surface area contributed by atoms with Crippen LogP contribution in [0.15, 0.2) is 54.7 Å². The molecule has 0 aliphatic carbocycles. The molecule has 1 atom stereocenters. The Hall–Kier alpha value is -2.46. The molecule has 0 fully saturated rings. The molecule has 0 unspecified atom stereocenters. The van der Waals surface area contributed by atoms with Crippen LogP contribution in [0.1, 0.15) is 24.4 Å². The molecular weight excluding hydrogens is 300 g/mol. The Morgan fingerprint density at radius 2 is 1.95 bits per heavy atom. The van der Waals surface area contributed by atoms with E-state index in [-0.39, 0.29) is 5.97 Å². The number of hydrogen-bond acceptors (Lipinski definition) is 4. The number of halogens is 1. The summed E-state index contributed by atoms with van der Waals surface area (Å²) in [6.45, 7) is 1.37. The molecule has 3 rings (SSSR count). The van der Waals surface area contributed by atoms with Crippen LogP contribution in [0.2, 0.25) is 5.02 Å². The van der Waals surface area contributed by atoms with Crippen molar-refractivity contribution >= 4 is 28.5 Å². The van der Waals surface area contributed by atoms with Gasteiger partial charge in [0.15, 0.2) is 11.9 Å². The van der Waals surface area contributed by atoms with E-state index in [0.29, 0.717) is 10.8 Å². The van der Waals surface area contributed by atoms with Crippen molar-refractivity contribution in [3.63, 3.8) is 0 Å². The highest BCUT2D eigenvalue weighted by molar-refractivity contribution is 6.31. The summed E-state index contributed by atoms with van der Waals surface area (Å²) < 4.78 is 5.41. The number of hydrogen-bond donors (Lipinski definition) is 0. The topological polar surface area (TPSA) is 52.1 Å². The minimum absolute atomic E-state index is 0.381. The second-order valence-electron chi connectivity index (χ2n) is 4.83. The molecule has 0 saturated heterocycles. The van der Waals surface area contributed by atoms with Gasteiger partial charge in [-0.2, -0.15) is 0 Å². The number of benzene rings is 2. The molecule has 0 spiro atoms. The van der Waals surface area contributed by atoms with Gasteiger partial charge in [-0.05, 0) is 18.2 Å². The van der Waals surface area contributed by atoms with Crippen LogP contribution in [0.4, 0.5) is 0 Å². The zero-order valence-electron chi connectivity index (χ0n) is 11.9. The molecular formula is C17H13ClN2O2. The summed E-state index contributed by atoms with van der Waals surface area (Å²) in [7, 11) is 0. The lowest BCUT2D eigenvalue weighted by Crippen LogP contribution is -2.13. The molecule has 0 amide bonds. The van der Waals surface area contributed by atoms with Crippen molar-refractivity contribution in [3.05, 3.63) is 71.1 Å². The van der Waals surface area contributed by atoms with E-state index in [1.54, 1.807) is 18.3 Å². The van der Waals surface area contributed by atoms with Gasteiger partial charge in [0.25, 0.3) is 0 Å². The number of carbonyl (C=O) groups is 1. The number of fused-ring (bicyclic) bond motifs is 1. The predicted octanol–water partition coefficient (Wildman–Crippen LogP) is 3.94. The molecule has 110 valence electrons. The van der Waals surface area contributed by atoms with Gasteiger partial charge in [-0.15, -0.1) is 0 Å². The molecule has 0 bridgehead atoms. The average molecular weight is 313 g/mol. The highest BCUT2D eigenvalue weighted by atomic mass is 35.5. The molecule has 4 nitrogen and oxygen atoms in total. The third kappa shape index (κ3) is 3.07. The quantitative estimate of drug-likeness (QED) is 0.687. The Kier molecular flexibility index (Phi) is 4.02. The minimum atomic E-state index is -0.626. The van der Waals surface area contributed by atoms with Crippen LogP contribution in [0.5, 0.6) is 0 Å². The summed E-state index contributed by atoms with van der Waals surface area (Å²) >= 11 is 5.96. The molecule has 0 aliphatic rings. The van der Waals surface area contributed by atoms with Crippen LogP contribution >= 0.6 is 11.6 Å². The fourth-order valence-corrected chi connectivity index (χ4v) is 2.39. The van der Waals surface area contributed by atoms with Gasteiger partial charge in [-0.25, -0.2) is 9.97 Å². The lowest BCUT2D eigenvalue weighted by Gasteiger charge is -2.16. The van der Waals surface area contributed by atoms with Crippen molar-refractivity contribution < 1.29 is 9.53 Å². The molecule has 1 heterocycles. The first-order chi connectivity index (χ1) is 10.6. The average Bonchev–Trinajstić information content (AvgIpc) is 2.53. The van der Waals surface area contributed by atoms with Crippen molar-refractivity contribution in [2.24, 2.45) is 0 Å². The van der Waals surface area contributed by atoms with Crippen molar-refractivity contribution in [1.82, 2.24) is 9.97 Å². The first-order valence-corrected chi connectivity index (χ1v) is 7.15. The Morgan fingerprint density at radius 3 is 2.68 bits per heavy atom. The third-order valence-electron chi connectivity index (χ3n) is 3.18.